The second-order valence-corrected chi connectivity index (χ2v) is 7.23. The Morgan fingerprint density at radius 1 is 1.56 bits per heavy atom. The number of carbonyl (C=O) groups excluding carboxylic acids is 1. The molecule has 5 nitrogen and oxygen atoms in total. The summed E-state index contributed by atoms with van der Waals surface area (Å²) in [6.07, 6.45) is 5.69. The number of carbonyl (C=O) groups is 1. The third-order valence-corrected chi connectivity index (χ3v) is 4.95. The van der Waals surface area contributed by atoms with Crippen molar-refractivity contribution < 1.29 is 13.2 Å². The van der Waals surface area contributed by atoms with Crippen molar-refractivity contribution in [2.45, 2.75) is 32.4 Å². The van der Waals surface area contributed by atoms with Gasteiger partial charge in [0.1, 0.15) is 0 Å². The van der Waals surface area contributed by atoms with Crippen LogP contribution in [0.25, 0.3) is 0 Å². The van der Waals surface area contributed by atoms with Crippen LogP contribution in [0, 0.1) is 18.3 Å². The molecule has 1 fully saturated rings. The maximum absolute atomic E-state index is 12.2. The van der Waals surface area contributed by atoms with E-state index < -0.39 is 15.9 Å². The number of rotatable bonds is 4. The van der Waals surface area contributed by atoms with Crippen molar-refractivity contribution in [3.63, 3.8) is 0 Å². The van der Waals surface area contributed by atoms with E-state index in [0.29, 0.717) is 6.42 Å². The first-order valence-electron chi connectivity index (χ1n) is 5.98. The minimum absolute atomic E-state index is 0.00390. The van der Waals surface area contributed by atoms with Crippen LogP contribution in [-0.4, -0.2) is 49.4 Å². The van der Waals surface area contributed by atoms with Crippen LogP contribution in [0.2, 0.25) is 0 Å². The number of nitrogens with zero attached hydrogens (tertiary/aromatic N) is 1. The number of amides is 1. The molecule has 1 heterocycles. The lowest BCUT2D eigenvalue weighted by Crippen LogP contribution is -2.51. The van der Waals surface area contributed by atoms with Crippen LogP contribution in [0.4, 0.5) is 0 Å². The van der Waals surface area contributed by atoms with Crippen molar-refractivity contribution in [1.29, 1.82) is 0 Å². The second kappa shape index (κ2) is 5.72. The molecule has 0 aromatic rings. The Kier molecular flexibility index (Phi) is 4.77. The molecule has 0 spiro atoms. The SMILES string of the molecule is C#CCN(C(=O)C(N)C(C)C)C1CCS(=O)(=O)C1. The number of nitrogens with two attached hydrogens (primary N) is 1. The van der Waals surface area contributed by atoms with Gasteiger partial charge in [0.25, 0.3) is 0 Å². The highest BCUT2D eigenvalue weighted by atomic mass is 32.2. The minimum Gasteiger partial charge on any atom is -0.326 e. The van der Waals surface area contributed by atoms with Crippen molar-refractivity contribution in [3.8, 4) is 12.3 Å². The third kappa shape index (κ3) is 3.47. The Morgan fingerprint density at radius 2 is 2.17 bits per heavy atom. The van der Waals surface area contributed by atoms with Crippen LogP contribution >= 0.6 is 0 Å². The van der Waals surface area contributed by atoms with Crippen LogP contribution < -0.4 is 5.73 Å². The highest BCUT2D eigenvalue weighted by Gasteiger charge is 2.36. The molecule has 1 rings (SSSR count). The molecular weight excluding hydrogens is 252 g/mol. The summed E-state index contributed by atoms with van der Waals surface area (Å²) in [4.78, 5) is 13.6. The van der Waals surface area contributed by atoms with Crippen molar-refractivity contribution in [2.24, 2.45) is 11.7 Å². The molecular formula is C12H20N2O3S. The first kappa shape index (κ1) is 15.0. The average Bonchev–Trinajstić information content (AvgIpc) is 2.64. The Balaban J connectivity index is 2.84. The Hall–Kier alpha value is -1.06. The van der Waals surface area contributed by atoms with E-state index in [1.165, 1.54) is 4.90 Å². The van der Waals surface area contributed by atoms with E-state index in [4.69, 9.17) is 12.2 Å². The van der Waals surface area contributed by atoms with E-state index in [-0.39, 0.29) is 35.9 Å². The average molecular weight is 272 g/mol. The largest absolute Gasteiger partial charge is 0.326 e. The van der Waals surface area contributed by atoms with Crippen LogP contribution in [0.15, 0.2) is 0 Å². The van der Waals surface area contributed by atoms with Gasteiger partial charge in [-0.3, -0.25) is 4.79 Å². The van der Waals surface area contributed by atoms with Gasteiger partial charge in [0, 0.05) is 6.04 Å². The summed E-state index contributed by atoms with van der Waals surface area (Å²) < 4.78 is 22.9. The van der Waals surface area contributed by atoms with Gasteiger partial charge >= 0.3 is 0 Å². The molecule has 2 atom stereocenters. The molecule has 0 radical (unpaired) electrons. The fourth-order valence-electron chi connectivity index (χ4n) is 1.98. The third-order valence-electron chi connectivity index (χ3n) is 3.20. The predicted octanol–water partition coefficient (Wildman–Crippen LogP) is -0.381. The summed E-state index contributed by atoms with van der Waals surface area (Å²) >= 11 is 0. The van der Waals surface area contributed by atoms with Crippen molar-refractivity contribution in [2.75, 3.05) is 18.1 Å². The van der Waals surface area contributed by atoms with Gasteiger partial charge in [-0.25, -0.2) is 8.42 Å². The first-order valence-corrected chi connectivity index (χ1v) is 7.80. The summed E-state index contributed by atoms with van der Waals surface area (Å²) in [6.45, 7) is 3.81. The second-order valence-electron chi connectivity index (χ2n) is 5.00. The van der Waals surface area contributed by atoms with Gasteiger partial charge in [-0.2, -0.15) is 0 Å². The molecule has 1 amide bonds. The predicted molar refractivity (Wildman–Crippen MR) is 70.4 cm³/mol. The van der Waals surface area contributed by atoms with Gasteiger partial charge in [0.05, 0.1) is 24.1 Å². The molecule has 0 aromatic heterocycles. The van der Waals surface area contributed by atoms with Crippen LogP contribution in [0.1, 0.15) is 20.3 Å². The zero-order valence-electron chi connectivity index (χ0n) is 10.8. The zero-order chi connectivity index (χ0) is 13.9. The van der Waals surface area contributed by atoms with Gasteiger partial charge in [-0.1, -0.05) is 19.8 Å². The van der Waals surface area contributed by atoms with Crippen LogP contribution in [0.5, 0.6) is 0 Å². The van der Waals surface area contributed by atoms with Crippen molar-refractivity contribution in [3.05, 3.63) is 0 Å². The van der Waals surface area contributed by atoms with Crippen molar-refractivity contribution >= 4 is 15.7 Å². The van der Waals surface area contributed by atoms with E-state index in [2.05, 4.69) is 5.92 Å². The van der Waals surface area contributed by atoms with Gasteiger partial charge in [0.15, 0.2) is 9.84 Å². The quantitative estimate of drug-likeness (QED) is 0.707. The summed E-state index contributed by atoms with van der Waals surface area (Å²) in [6, 6.07) is -0.968. The normalized spacial score (nSPS) is 23.6. The lowest BCUT2D eigenvalue weighted by atomic mass is 10.0. The smallest absolute Gasteiger partial charge is 0.240 e. The Morgan fingerprint density at radius 3 is 2.56 bits per heavy atom. The fourth-order valence-corrected chi connectivity index (χ4v) is 3.71. The molecule has 0 aromatic carbocycles. The van der Waals surface area contributed by atoms with Gasteiger partial charge in [-0.05, 0) is 12.3 Å². The Labute approximate surface area is 109 Å². The maximum Gasteiger partial charge on any atom is 0.240 e. The van der Waals surface area contributed by atoms with Gasteiger partial charge in [0.2, 0.25) is 5.91 Å². The molecule has 1 aliphatic heterocycles. The maximum atomic E-state index is 12.2. The highest BCUT2D eigenvalue weighted by Crippen LogP contribution is 2.19. The van der Waals surface area contributed by atoms with E-state index in [0.717, 1.165) is 0 Å². The lowest BCUT2D eigenvalue weighted by molar-refractivity contribution is -0.134. The summed E-state index contributed by atoms with van der Waals surface area (Å²) in [5.41, 5.74) is 5.82. The molecule has 0 saturated carbocycles. The molecule has 6 heteroatoms. The number of hydrogen-bond donors (Lipinski definition) is 1. The fraction of sp³-hybridized carbons (Fsp3) is 0.750. The van der Waals surface area contributed by atoms with Gasteiger partial charge in [-0.15, -0.1) is 6.42 Å². The number of terminal acetylenes is 1. The van der Waals surface area contributed by atoms with E-state index >= 15 is 0 Å². The standard InChI is InChI=1S/C12H20N2O3S/c1-4-6-14(12(15)11(13)9(2)3)10-5-7-18(16,17)8-10/h1,9-11H,5-8,13H2,2-3H3. The topological polar surface area (TPSA) is 80.5 Å². The molecule has 0 bridgehead atoms. The molecule has 2 unspecified atom stereocenters. The van der Waals surface area contributed by atoms with Crippen molar-refractivity contribution in [1.82, 2.24) is 4.90 Å². The van der Waals surface area contributed by atoms with Gasteiger partial charge < -0.3 is 10.6 Å². The molecule has 0 aliphatic carbocycles. The molecule has 1 aliphatic rings. The summed E-state index contributed by atoms with van der Waals surface area (Å²) in [5, 5.41) is 0. The molecule has 102 valence electrons. The molecule has 2 N–H and O–H groups in total. The first-order chi connectivity index (χ1) is 8.28. The van der Waals surface area contributed by atoms with E-state index in [1.807, 2.05) is 13.8 Å². The number of sulfone groups is 1. The Bertz CT molecular complexity index is 450. The number of hydrogen-bond acceptors (Lipinski definition) is 4. The van der Waals surface area contributed by atoms with E-state index in [1.54, 1.807) is 0 Å². The van der Waals surface area contributed by atoms with Crippen LogP contribution in [0.3, 0.4) is 0 Å². The van der Waals surface area contributed by atoms with E-state index in [9.17, 15) is 13.2 Å². The minimum atomic E-state index is -3.04. The highest BCUT2D eigenvalue weighted by molar-refractivity contribution is 7.91. The lowest BCUT2D eigenvalue weighted by Gasteiger charge is -2.30. The van der Waals surface area contributed by atoms with Crippen LogP contribution in [-0.2, 0) is 14.6 Å². The summed E-state index contributed by atoms with van der Waals surface area (Å²) in [7, 11) is -3.04. The zero-order valence-corrected chi connectivity index (χ0v) is 11.6. The molecule has 18 heavy (non-hydrogen) atoms. The summed E-state index contributed by atoms with van der Waals surface area (Å²) in [5.74, 6) is 2.24. The monoisotopic (exact) mass is 272 g/mol. The molecule has 1 saturated heterocycles.